The highest BCUT2D eigenvalue weighted by molar-refractivity contribution is 7.09. The molecule has 1 aliphatic heterocycles. The Kier molecular flexibility index (Phi) is 5.70. The number of anilines is 2. The quantitative estimate of drug-likeness (QED) is 0.806. The molecule has 0 radical (unpaired) electrons. The number of nitrogens with zero attached hydrogens (tertiary/aromatic N) is 1. The number of hydrogen-bond acceptors (Lipinski definition) is 4. The maximum absolute atomic E-state index is 12.8. The van der Waals surface area contributed by atoms with Crippen molar-refractivity contribution >= 4 is 34.6 Å². The number of carbonyl (C=O) groups is 2. The summed E-state index contributed by atoms with van der Waals surface area (Å²) in [6, 6.07) is 9.05. The average Bonchev–Trinajstić information content (AvgIpc) is 3.13. The molecule has 0 saturated carbocycles. The van der Waals surface area contributed by atoms with Gasteiger partial charge in [-0.2, -0.15) is 0 Å². The molecule has 144 valence electrons. The van der Waals surface area contributed by atoms with Crippen molar-refractivity contribution in [3.8, 4) is 5.75 Å². The Morgan fingerprint density at radius 2 is 2.15 bits per heavy atom. The third kappa shape index (κ3) is 4.42. The molecule has 2 heterocycles. The molecule has 2 N–H and O–H groups in total. The first kappa shape index (κ1) is 19.2. The van der Waals surface area contributed by atoms with Crippen molar-refractivity contribution in [3.05, 3.63) is 40.6 Å². The smallest absolute Gasteiger partial charge is 0.319 e. The Balaban J connectivity index is 1.74. The highest BCUT2D eigenvalue weighted by Crippen LogP contribution is 2.38. The van der Waals surface area contributed by atoms with E-state index in [-0.39, 0.29) is 11.9 Å². The van der Waals surface area contributed by atoms with Crippen LogP contribution in [0.2, 0.25) is 0 Å². The second-order valence-electron chi connectivity index (χ2n) is 7.20. The molecule has 7 heteroatoms. The van der Waals surface area contributed by atoms with Gasteiger partial charge in [-0.25, -0.2) is 4.79 Å². The van der Waals surface area contributed by atoms with Gasteiger partial charge in [-0.15, -0.1) is 11.3 Å². The molecule has 0 bridgehead atoms. The van der Waals surface area contributed by atoms with Crippen molar-refractivity contribution < 1.29 is 14.3 Å². The molecule has 3 amide bonds. The number of thiophene rings is 1. The van der Waals surface area contributed by atoms with E-state index in [1.54, 1.807) is 28.4 Å². The van der Waals surface area contributed by atoms with Crippen molar-refractivity contribution in [3.63, 3.8) is 0 Å². The minimum absolute atomic E-state index is 0.0532. The van der Waals surface area contributed by atoms with E-state index in [9.17, 15) is 9.59 Å². The Hall–Kier alpha value is -2.54. The summed E-state index contributed by atoms with van der Waals surface area (Å²) < 4.78 is 5.92. The maximum Gasteiger partial charge on any atom is 0.319 e. The van der Waals surface area contributed by atoms with E-state index in [1.807, 2.05) is 44.4 Å². The Morgan fingerprint density at radius 3 is 2.85 bits per heavy atom. The molecule has 0 unspecified atom stereocenters. The molecule has 0 spiro atoms. The lowest BCUT2D eigenvalue weighted by atomic mass is 9.93. The van der Waals surface area contributed by atoms with Gasteiger partial charge >= 0.3 is 6.03 Å². The molecule has 6 nitrogen and oxygen atoms in total. The lowest BCUT2D eigenvalue weighted by Crippen LogP contribution is -2.42. The number of nitrogens with one attached hydrogen (secondary N) is 2. The van der Waals surface area contributed by atoms with Crippen LogP contribution in [-0.2, 0) is 11.3 Å². The first-order chi connectivity index (χ1) is 12.9. The zero-order chi connectivity index (χ0) is 19.4. The molecule has 27 heavy (non-hydrogen) atoms. The molecule has 3 rings (SSSR count). The molecule has 0 saturated heterocycles. The van der Waals surface area contributed by atoms with Crippen LogP contribution < -0.4 is 20.3 Å². The molecule has 0 fully saturated rings. The third-order valence-electron chi connectivity index (χ3n) is 4.37. The summed E-state index contributed by atoms with van der Waals surface area (Å²) in [5, 5.41) is 7.63. The lowest BCUT2D eigenvalue weighted by molar-refractivity contribution is -0.127. The predicted molar refractivity (Wildman–Crippen MR) is 109 cm³/mol. The van der Waals surface area contributed by atoms with Crippen LogP contribution in [0.15, 0.2) is 35.7 Å². The van der Waals surface area contributed by atoms with Gasteiger partial charge in [0.05, 0.1) is 17.6 Å². The molecule has 1 aromatic heterocycles. The average molecular weight is 388 g/mol. The number of ether oxygens (including phenoxy) is 1. The molecular formula is C20H25N3O3S. The molecule has 2 aromatic rings. The first-order valence-electron chi connectivity index (χ1n) is 9.07. The number of urea groups is 1. The zero-order valence-electron chi connectivity index (χ0n) is 15.9. The van der Waals surface area contributed by atoms with Crippen molar-refractivity contribution in [1.82, 2.24) is 5.32 Å². The minimum Gasteiger partial charge on any atom is -0.490 e. The van der Waals surface area contributed by atoms with E-state index < -0.39 is 5.41 Å². The molecular weight excluding hydrogens is 362 g/mol. The van der Waals surface area contributed by atoms with E-state index in [4.69, 9.17) is 4.74 Å². The molecule has 0 atom stereocenters. The lowest BCUT2D eigenvalue weighted by Gasteiger charge is -2.27. The summed E-state index contributed by atoms with van der Waals surface area (Å²) in [5.74, 6) is 0.663. The molecule has 1 aromatic carbocycles. The first-order valence-corrected chi connectivity index (χ1v) is 9.95. The normalized spacial score (nSPS) is 15.5. The predicted octanol–water partition coefficient (Wildman–Crippen LogP) is 4.23. The van der Waals surface area contributed by atoms with Crippen molar-refractivity contribution in [1.29, 1.82) is 0 Å². The highest BCUT2D eigenvalue weighted by atomic mass is 32.1. The SMILES string of the molecule is CCCN1C(=O)C(C)(C)COc2cc(NC(=O)NCc3cccs3)ccc21. The van der Waals surface area contributed by atoms with E-state index in [1.165, 1.54) is 0 Å². The zero-order valence-corrected chi connectivity index (χ0v) is 16.7. The fourth-order valence-electron chi connectivity index (χ4n) is 2.93. The fraction of sp³-hybridized carbons (Fsp3) is 0.400. The van der Waals surface area contributed by atoms with E-state index in [0.29, 0.717) is 31.1 Å². The number of carbonyl (C=O) groups excluding carboxylic acids is 2. The van der Waals surface area contributed by atoms with E-state index in [0.717, 1.165) is 17.0 Å². The van der Waals surface area contributed by atoms with Crippen LogP contribution in [0.25, 0.3) is 0 Å². The van der Waals surface area contributed by atoms with Crippen molar-refractivity contribution in [2.75, 3.05) is 23.4 Å². The van der Waals surface area contributed by atoms with Gasteiger partial charge in [0.1, 0.15) is 12.4 Å². The van der Waals surface area contributed by atoms with Gasteiger partial charge in [-0.05, 0) is 43.8 Å². The molecule has 1 aliphatic rings. The van der Waals surface area contributed by atoms with Gasteiger partial charge in [0.2, 0.25) is 5.91 Å². The number of benzene rings is 1. The Morgan fingerprint density at radius 1 is 1.33 bits per heavy atom. The Bertz CT molecular complexity index is 818. The summed E-state index contributed by atoms with van der Waals surface area (Å²) in [4.78, 5) is 27.9. The summed E-state index contributed by atoms with van der Waals surface area (Å²) in [6.45, 7) is 7.24. The van der Waals surface area contributed by atoms with E-state index >= 15 is 0 Å². The summed E-state index contributed by atoms with van der Waals surface area (Å²) in [5.41, 5.74) is 0.776. The van der Waals surface area contributed by atoms with Gasteiger partial charge in [-0.3, -0.25) is 4.79 Å². The van der Waals surface area contributed by atoms with Crippen LogP contribution in [0.3, 0.4) is 0 Å². The topological polar surface area (TPSA) is 70.7 Å². The Labute approximate surface area is 163 Å². The number of rotatable bonds is 5. The maximum atomic E-state index is 12.8. The largest absolute Gasteiger partial charge is 0.490 e. The summed E-state index contributed by atoms with van der Waals surface area (Å²) in [6.07, 6.45) is 0.854. The monoisotopic (exact) mass is 387 g/mol. The number of amides is 3. The second kappa shape index (κ2) is 8.00. The van der Waals surface area contributed by atoms with Crippen LogP contribution in [0.5, 0.6) is 5.75 Å². The number of fused-ring (bicyclic) bond motifs is 1. The van der Waals surface area contributed by atoms with Gasteiger partial charge in [0.25, 0.3) is 0 Å². The standard InChI is InChI=1S/C20H25N3O3S/c1-4-9-23-16-8-7-14(11-17(16)26-13-20(2,3)18(23)24)22-19(25)21-12-15-6-5-10-27-15/h5-8,10-11H,4,9,12-13H2,1-3H3,(H2,21,22,25). The summed E-state index contributed by atoms with van der Waals surface area (Å²) >= 11 is 1.60. The second-order valence-corrected chi connectivity index (χ2v) is 8.23. The summed E-state index contributed by atoms with van der Waals surface area (Å²) in [7, 11) is 0. The van der Waals surface area contributed by atoms with Gasteiger partial charge in [0.15, 0.2) is 0 Å². The van der Waals surface area contributed by atoms with Crippen molar-refractivity contribution in [2.45, 2.75) is 33.7 Å². The minimum atomic E-state index is -0.597. The van der Waals surface area contributed by atoms with Crippen LogP contribution in [-0.4, -0.2) is 25.1 Å². The van der Waals surface area contributed by atoms with Crippen LogP contribution in [0.1, 0.15) is 32.1 Å². The van der Waals surface area contributed by atoms with Crippen LogP contribution >= 0.6 is 11.3 Å². The third-order valence-corrected chi connectivity index (χ3v) is 5.25. The fourth-order valence-corrected chi connectivity index (χ4v) is 3.57. The van der Waals surface area contributed by atoms with E-state index in [2.05, 4.69) is 10.6 Å². The molecule has 0 aliphatic carbocycles. The van der Waals surface area contributed by atoms with Gasteiger partial charge < -0.3 is 20.3 Å². The van der Waals surface area contributed by atoms with Crippen LogP contribution in [0.4, 0.5) is 16.2 Å². The van der Waals surface area contributed by atoms with Crippen LogP contribution in [0, 0.1) is 5.41 Å². The van der Waals surface area contributed by atoms with Crippen molar-refractivity contribution in [2.24, 2.45) is 5.41 Å². The van der Waals surface area contributed by atoms with Gasteiger partial charge in [0, 0.05) is 23.2 Å². The number of hydrogen-bond donors (Lipinski definition) is 2. The van der Waals surface area contributed by atoms with Gasteiger partial charge in [-0.1, -0.05) is 13.0 Å². The highest BCUT2D eigenvalue weighted by Gasteiger charge is 2.37.